The molecule has 1 amide bonds. The number of benzene rings is 1. The van der Waals surface area contributed by atoms with Gasteiger partial charge in [0.15, 0.2) is 0 Å². The van der Waals surface area contributed by atoms with Crippen LogP contribution >= 0.6 is 0 Å². The third kappa shape index (κ3) is 3.09. The molecule has 4 bridgehead atoms. The lowest BCUT2D eigenvalue weighted by Crippen LogP contribution is -2.55. The SMILES string of the molecule is CCc1c(C(=O)NC2C3CC4CC(C3)CC2C4)cnn1Cc1ccccc1. The number of rotatable bonds is 5. The van der Waals surface area contributed by atoms with Crippen LogP contribution in [0.1, 0.15) is 60.6 Å². The number of hydrogen-bond donors (Lipinski definition) is 1. The molecule has 1 N–H and O–H groups in total. The molecule has 0 radical (unpaired) electrons. The van der Waals surface area contributed by atoms with Gasteiger partial charge in [-0.25, -0.2) is 0 Å². The number of amides is 1. The van der Waals surface area contributed by atoms with Crippen LogP contribution in [0.25, 0.3) is 0 Å². The fourth-order valence-corrected chi connectivity index (χ4v) is 6.26. The van der Waals surface area contributed by atoms with Crippen molar-refractivity contribution < 1.29 is 4.79 Å². The molecule has 27 heavy (non-hydrogen) atoms. The minimum Gasteiger partial charge on any atom is -0.349 e. The van der Waals surface area contributed by atoms with Crippen LogP contribution in [0.2, 0.25) is 0 Å². The van der Waals surface area contributed by atoms with E-state index in [1.165, 1.54) is 37.7 Å². The van der Waals surface area contributed by atoms with Crippen molar-refractivity contribution in [1.29, 1.82) is 0 Å². The zero-order valence-corrected chi connectivity index (χ0v) is 16.1. The Morgan fingerprint density at radius 2 is 1.74 bits per heavy atom. The summed E-state index contributed by atoms with van der Waals surface area (Å²) in [5.41, 5.74) is 3.02. The lowest BCUT2D eigenvalue weighted by molar-refractivity contribution is -0.0119. The van der Waals surface area contributed by atoms with Gasteiger partial charge >= 0.3 is 0 Å². The number of nitrogens with one attached hydrogen (secondary N) is 1. The Hall–Kier alpha value is -2.10. The van der Waals surface area contributed by atoms with Crippen LogP contribution in [-0.4, -0.2) is 21.7 Å². The number of hydrogen-bond acceptors (Lipinski definition) is 2. The van der Waals surface area contributed by atoms with E-state index >= 15 is 0 Å². The van der Waals surface area contributed by atoms with Gasteiger partial charge in [-0.15, -0.1) is 0 Å². The zero-order chi connectivity index (χ0) is 18.4. The summed E-state index contributed by atoms with van der Waals surface area (Å²) in [6, 6.07) is 10.7. The third-order valence-corrected chi connectivity index (χ3v) is 7.23. The minimum atomic E-state index is 0.0867. The number of carbonyl (C=O) groups is 1. The molecule has 4 fully saturated rings. The normalized spacial score (nSPS) is 31.2. The predicted octanol–water partition coefficient (Wildman–Crippen LogP) is 4.05. The molecule has 4 aliphatic rings. The summed E-state index contributed by atoms with van der Waals surface area (Å²) < 4.78 is 1.99. The molecule has 4 saturated carbocycles. The van der Waals surface area contributed by atoms with Crippen LogP contribution in [0.4, 0.5) is 0 Å². The second kappa shape index (κ2) is 6.81. The summed E-state index contributed by atoms with van der Waals surface area (Å²) in [4.78, 5) is 13.1. The van der Waals surface area contributed by atoms with Crippen molar-refractivity contribution in [2.75, 3.05) is 0 Å². The highest BCUT2D eigenvalue weighted by Crippen LogP contribution is 2.53. The van der Waals surface area contributed by atoms with E-state index in [0.29, 0.717) is 17.9 Å². The first-order valence-electron chi connectivity index (χ1n) is 10.6. The largest absolute Gasteiger partial charge is 0.349 e. The summed E-state index contributed by atoms with van der Waals surface area (Å²) in [7, 11) is 0. The van der Waals surface area contributed by atoms with Gasteiger partial charge in [-0.2, -0.15) is 5.10 Å². The quantitative estimate of drug-likeness (QED) is 0.871. The molecule has 0 aliphatic heterocycles. The summed E-state index contributed by atoms with van der Waals surface area (Å²) in [6.07, 6.45) is 9.33. The van der Waals surface area contributed by atoms with Crippen LogP contribution < -0.4 is 5.32 Å². The molecule has 1 aromatic heterocycles. The lowest BCUT2D eigenvalue weighted by atomic mass is 9.54. The van der Waals surface area contributed by atoms with Gasteiger partial charge < -0.3 is 5.32 Å². The topological polar surface area (TPSA) is 46.9 Å². The van der Waals surface area contributed by atoms with E-state index in [1.54, 1.807) is 6.20 Å². The maximum absolute atomic E-state index is 13.1. The average molecular weight is 364 g/mol. The van der Waals surface area contributed by atoms with Crippen LogP contribution in [0.5, 0.6) is 0 Å². The van der Waals surface area contributed by atoms with E-state index in [2.05, 4.69) is 29.5 Å². The highest BCUT2D eigenvalue weighted by atomic mass is 16.1. The van der Waals surface area contributed by atoms with Gasteiger partial charge in [0.1, 0.15) is 0 Å². The summed E-state index contributed by atoms with van der Waals surface area (Å²) in [5, 5.41) is 7.98. The molecule has 0 unspecified atom stereocenters. The van der Waals surface area contributed by atoms with Crippen molar-refractivity contribution in [3.05, 3.63) is 53.3 Å². The van der Waals surface area contributed by atoms with E-state index < -0.39 is 0 Å². The molecule has 1 heterocycles. The monoisotopic (exact) mass is 363 g/mol. The molecule has 1 aromatic carbocycles. The van der Waals surface area contributed by atoms with Crippen molar-refractivity contribution in [2.45, 2.75) is 58.0 Å². The molecule has 2 aromatic rings. The van der Waals surface area contributed by atoms with Crippen molar-refractivity contribution in [3.8, 4) is 0 Å². The van der Waals surface area contributed by atoms with E-state index in [0.717, 1.165) is 36.1 Å². The van der Waals surface area contributed by atoms with E-state index in [1.807, 2.05) is 22.9 Å². The highest BCUT2D eigenvalue weighted by Gasteiger charge is 2.48. The molecule has 142 valence electrons. The lowest BCUT2D eigenvalue weighted by Gasteiger charge is -2.54. The first-order chi connectivity index (χ1) is 13.2. The third-order valence-electron chi connectivity index (χ3n) is 7.23. The minimum absolute atomic E-state index is 0.0867. The zero-order valence-electron chi connectivity index (χ0n) is 16.1. The molecule has 4 heteroatoms. The number of carbonyl (C=O) groups excluding carboxylic acids is 1. The first kappa shape index (κ1) is 17.0. The van der Waals surface area contributed by atoms with E-state index in [4.69, 9.17) is 0 Å². The van der Waals surface area contributed by atoms with Gasteiger partial charge in [0, 0.05) is 6.04 Å². The molecular weight excluding hydrogens is 334 g/mol. The van der Waals surface area contributed by atoms with Crippen molar-refractivity contribution in [3.63, 3.8) is 0 Å². The van der Waals surface area contributed by atoms with Crippen LogP contribution in [0.3, 0.4) is 0 Å². The van der Waals surface area contributed by atoms with Crippen LogP contribution in [0, 0.1) is 23.7 Å². The van der Waals surface area contributed by atoms with Crippen LogP contribution in [0.15, 0.2) is 36.5 Å². The number of nitrogens with zero attached hydrogens (tertiary/aromatic N) is 2. The maximum atomic E-state index is 13.1. The van der Waals surface area contributed by atoms with Gasteiger partial charge in [-0.1, -0.05) is 37.3 Å². The summed E-state index contributed by atoms with van der Waals surface area (Å²) in [6.45, 7) is 2.83. The number of aromatic nitrogens is 2. The molecule has 0 spiro atoms. The average Bonchev–Trinajstić information content (AvgIpc) is 3.07. The Morgan fingerprint density at radius 1 is 1.07 bits per heavy atom. The molecule has 0 atom stereocenters. The summed E-state index contributed by atoms with van der Waals surface area (Å²) in [5.74, 6) is 3.36. The van der Waals surface area contributed by atoms with E-state index in [9.17, 15) is 4.79 Å². The van der Waals surface area contributed by atoms with Gasteiger partial charge in [0.05, 0.1) is 24.0 Å². The Bertz CT molecular complexity index is 797. The first-order valence-corrected chi connectivity index (χ1v) is 10.6. The van der Waals surface area contributed by atoms with Crippen LogP contribution in [-0.2, 0) is 13.0 Å². The predicted molar refractivity (Wildman–Crippen MR) is 105 cm³/mol. The van der Waals surface area contributed by atoms with Gasteiger partial charge in [0.2, 0.25) is 0 Å². The Labute approximate surface area is 161 Å². The van der Waals surface area contributed by atoms with Crippen molar-refractivity contribution >= 4 is 5.91 Å². The molecule has 0 saturated heterocycles. The second-order valence-electron chi connectivity index (χ2n) is 8.93. The fourth-order valence-electron chi connectivity index (χ4n) is 6.26. The van der Waals surface area contributed by atoms with Crippen molar-refractivity contribution in [1.82, 2.24) is 15.1 Å². The van der Waals surface area contributed by atoms with Gasteiger partial charge in [0.25, 0.3) is 5.91 Å². The second-order valence-corrected chi connectivity index (χ2v) is 8.93. The maximum Gasteiger partial charge on any atom is 0.254 e. The summed E-state index contributed by atoms with van der Waals surface area (Å²) >= 11 is 0. The Balaban J connectivity index is 1.33. The Morgan fingerprint density at radius 3 is 2.37 bits per heavy atom. The van der Waals surface area contributed by atoms with Crippen molar-refractivity contribution in [2.24, 2.45) is 23.7 Å². The molecule has 4 aliphatic carbocycles. The van der Waals surface area contributed by atoms with E-state index in [-0.39, 0.29) is 5.91 Å². The molecular formula is C23H29N3O. The molecule has 4 nitrogen and oxygen atoms in total. The standard InChI is InChI=1S/C23H29N3O/c1-2-21-20(13-24-26(21)14-15-6-4-3-5-7-15)23(27)25-22-18-9-16-8-17(11-18)12-19(22)10-16/h3-7,13,16-19,22H,2,8-12,14H2,1H3,(H,25,27). The van der Waals surface area contributed by atoms with Gasteiger partial charge in [-0.05, 0) is 67.8 Å². The fraction of sp³-hybridized carbons (Fsp3) is 0.565. The van der Waals surface area contributed by atoms with Gasteiger partial charge in [-0.3, -0.25) is 9.48 Å². The Kier molecular flexibility index (Phi) is 4.30. The molecule has 6 rings (SSSR count). The smallest absolute Gasteiger partial charge is 0.254 e. The highest BCUT2D eigenvalue weighted by molar-refractivity contribution is 5.95.